The van der Waals surface area contributed by atoms with Gasteiger partial charge in [-0.3, -0.25) is 9.59 Å². The largest absolute Gasteiger partial charge is 0.466 e. The van der Waals surface area contributed by atoms with Crippen molar-refractivity contribution in [2.75, 3.05) is 27.3 Å². The molecule has 2 fully saturated rings. The van der Waals surface area contributed by atoms with Crippen LogP contribution in [0.15, 0.2) is 0 Å². The van der Waals surface area contributed by atoms with E-state index in [2.05, 4.69) is 20.1 Å². The van der Waals surface area contributed by atoms with Crippen molar-refractivity contribution in [2.24, 2.45) is 0 Å². The fourth-order valence-electron chi connectivity index (χ4n) is 2.29. The van der Waals surface area contributed by atoms with Crippen LogP contribution in [0.4, 0.5) is 8.78 Å². The second-order valence-electron chi connectivity index (χ2n) is 5.30. The highest BCUT2D eigenvalue weighted by atomic mass is 19.1. The molecule has 0 aromatic rings. The average Bonchev–Trinajstić information content (AvgIpc) is 2.59. The number of rotatable bonds is 2. The quantitative estimate of drug-likeness (QED) is 0.516. The molecule has 2 N–H and O–H groups in total. The first-order chi connectivity index (χ1) is 11.2. The second-order valence-corrected chi connectivity index (χ2v) is 5.30. The van der Waals surface area contributed by atoms with E-state index in [1.807, 2.05) is 0 Å². The van der Waals surface area contributed by atoms with Crippen LogP contribution in [-0.2, 0) is 28.7 Å². The highest BCUT2D eigenvalue weighted by Gasteiger charge is 2.49. The van der Waals surface area contributed by atoms with Crippen molar-refractivity contribution in [1.82, 2.24) is 10.6 Å². The zero-order chi connectivity index (χ0) is 18.4. The summed E-state index contributed by atoms with van der Waals surface area (Å²) in [5, 5.41) is 4.55. The number of ether oxygens (including phenoxy) is 2. The monoisotopic (exact) mass is 350 g/mol. The number of hydrogen-bond acceptors (Lipinski definition) is 6. The van der Waals surface area contributed by atoms with Gasteiger partial charge in [-0.1, -0.05) is 0 Å². The summed E-state index contributed by atoms with van der Waals surface area (Å²) in [6.07, 6.45) is 0.728. The minimum Gasteiger partial charge on any atom is -0.466 e. The minimum absolute atomic E-state index is 0.0918. The maximum Gasteiger partial charge on any atom is 0.353 e. The second kappa shape index (κ2) is 8.02. The van der Waals surface area contributed by atoms with Gasteiger partial charge in [-0.05, 0) is 12.8 Å². The molecule has 0 saturated carbocycles. The lowest BCUT2D eigenvalue weighted by Crippen LogP contribution is -2.53. The van der Waals surface area contributed by atoms with Gasteiger partial charge in [-0.15, -0.1) is 0 Å². The molecule has 0 unspecified atom stereocenters. The molecular weight excluding hydrogens is 330 g/mol. The smallest absolute Gasteiger partial charge is 0.353 e. The van der Waals surface area contributed by atoms with E-state index in [0.717, 1.165) is 14.2 Å². The maximum atomic E-state index is 13.5. The van der Waals surface area contributed by atoms with Gasteiger partial charge in [0.2, 0.25) is 0 Å². The van der Waals surface area contributed by atoms with Crippen LogP contribution in [0.1, 0.15) is 25.7 Å². The number of halogens is 2. The molecule has 0 aromatic heterocycles. The highest BCUT2D eigenvalue weighted by molar-refractivity contribution is 6.07. The number of esters is 2. The molecule has 8 nitrogen and oxygen atoms in total. The molecule has 2 aliphatic heterocycles. The molecular formula is C14H20F2N2O6. The van der Waals surface area contributed by atoms with Crippen LogP contribution in [0.25, 0.3) is 0 Å². The van der Waals surface area contributed by atoms with Crippen LogP contribution in [0.2, 0.25) is 0 Å². The number of carbonyl (C=O) groups is 4. The van der Waals surface area contributed by atoms with Gasteiger partial charge in [-0.25, -0.2) is 18.4 Å². The van der Waals surface area contributed by atoms with Crippen molar-refractivity contribution in [3.05, 3.63) is 0 Å². The van der Waals surface area contributed by atoms with Crippen LogP contribution in [0.3, 0.4) is 0 Å². The molecule has 0 bridgehead atoms. The zero-order valence-corrected chi connectivity index (χ0v) is 13.4. The van der Waals surface area contributed by atoms with E-state index in [1.165, 1.54) is 0 Å². The van der Waals surface area contributed by atoms with Gasteiger partial charge in [0.25, 0.3) is 23.2 Å². The van der Waals surface area contributed by atoms with Crippen LogP contribution in [0.5, 0.6) is 0 Å². The topological polar surface area (TPSA) is 111 Å². The summed E-state index contributed by atoms with van der Waals surface area (Å²) >= 11 is 0. The molecule has 0 spiro atoms. The Balaban J connectivity index is 0.000000240. The number of alkyl halides is 2. The van der Waals surface area contributed by atoms with Gasteiger partial charge in [0, 0.05) is 25.9 Å². The molecule has 0 aromatic carbocycles. The Kier molecular flexibility index (Phi) is 6.61. The number of nitrogens with one attached hydrogen (secondary N) is 2. The van der Waals surface area contributed by atoms with E-state index in [1.54, 1.807) is 0 Å². The van der Waals surface area contributed by atoms with Crippen molar-refractivity contribution in [3.8, 4) is 0 Å². The molecule has 136 valence electrons. The van der Waals surface area contributed by atoms with Gasteiger partial charge in [0.15, 0.2) is 0 Å². The lowest BCUT2D eigenvalue weighted by atomic mass is 9.95. The van der Waals surface area contributed by atoms with Gasteiger partial charge < -0.3 is 20.1 Å². The summed E-state index contributed by atoms with van der Waals surface area (Å²) < 4.78 is 35.3. The molecule has 2 heterocycles. The number of methoxy groups -OCH3 is 2. The molecule has 2 rings (SSSR count). The Morgan fingerprint density at radius 1 is 0.875 bits per heavy atom. The Morgan fingerprint density at radius 2 is 1.21 bits per heavy atom. The third kappa shape index (κ3) is 3.98. The van der Waals surface area contributed by atoms with Gasteiger partial charge in [0.1, 0.15) is 0 Å². The summed E-state index contributed by atoms with van der Waals surface area (Å²) in [4.78, 5) is 43.5. The number of piperidine rings is 2. The van der Waals surface area contributed by atoms with Crippen molar-refractivity contribution in [3.63, 3.8) is 0 Å². The Hall–Kier alpha value is -2.26. The van der Waals surface area contributed by atoms with Crippen LogP contribution >= 0.6 is 0 Å². The molecule has 24 heavy (non-hydrogen) atoms. The Labute approximate surface area is 137 Å². The maximum absolute atomic E-state index is 13.5. The molecule has 0 radical (unpaired) electrons. The predicted molar refractivity (Wildman–Crippen MR) is 76.2 cm³/mol. The first-order valence-electron chi connectivity index (χ1n) is 7.33. The molecule has 10 heteroatoms. The number of hydrogen-bond donors (Lipinski definition) is 2. The van der Waals surface area contributed by atoms with Crippen molar-refractivity contribution in [1.29, 1.82) is 0 Å². The summed E-state index contributed by atoms with van der Waals surface area (Å²) in [6, 6.07) is 0. The summed E-state index contributed by atoms with van der Waals surface area (Å²) in [5.74, 6) is -4.00. The normalized spacial score (nSPS) is 29.3. The van der Waals surface area contributed by atoms with E-state index in [4.69, 9.17) is 0 Å². The summed E-state index contributed by atoms with van der Waals surface area (Å²) in [5.41, 5.74) is -4.93. The number of carbonyl (C=O) groups excluding carboxylic acids is 4. The Morgan fingerprint density at radius 3 is 1.46 bits per heavy atom. The van der Waals surface area contributed by atoms with Gasteiger partial charge >= 0.3 is 11.9 Å². The fraction of sp³-hybridized carbons (Fsp3) is 0.714. The van der Waals surface area contributed by atoms with E-state index in [0.29, 0.717) is 25.9 Å². The first kappa shape index (κ1) is 19.8. The molecule has 0 aliphatic carbocycles. The van der Waals surface area contributed by atoms with Crippen LogP contribution in [-0.4, -0.2) is 62.4 Å². The summed E-state index contributed by atoms with van der Waals surface area (Å²) in [6.45, 7) is 0.836. The zero-order valence-electron chi connectivity index (χ0n) is 13.4. The Bertz CT molecular complexity index is 463. The lowest BCUT2D eigenvalue weighted by Gasteiger charge is -2.25. The number of amides is 2. The standard InChI is InChI=1S/2C7H10FNO3/c2*1-12-6(11)7(8)3-2-4-9-5(7)10/h2*2-4H2,1H3,(H,9,10)/t2*7-/m00/s1. The molecule has 2 saturated heterocycles. The van der Waals surface area contributed by atoms with Crippen LogP contribution in [0, 0.1) is 0 Å². The first-order valence-corrected chi connectivity index (χ1v) is 7.33. The van der Waals surface area contributed by atoms with Crippen LogP contribution < -0.4 is 10.6 Å². The summed E-state index contributed by atoms with van der Waals surface area (Å²) in [7, 11) is 2.12. The lowest BCUT2D eigenvalue weighted by molar-refractivity contribution is -0.164. The third-order valence-corrected chi connectivity index (χ3v) is 3.70. The van der Waals surface area contributed by atoms with Crippen molar-refractivity contribution >= 4 is 23.8 Å². The molecule has 2 atom stereocenters. The SMILES string of the molecule is COC(=O)[C@]1(F)CCCNC1=O.COC(=O)[C@]1(F)CCCNC1=O. The molecule has 2 amide bonds. The fourth-order valence-corrected chi connectivity index (χ4v) is 2.29. The van der Waals surface area contributed by atoms with E-state index in [9.17, 15) is 28.0 Å². The van der Waals surface area contributed by atoms with Gasteiger partial charge in [0.05, 0.1) is 14.2 Å². The van der Waals surface area contributed by atoms with E-state index < -0.39 is 35.1 Å². The highest BCUT2D eigenvalue weighted by Crippen LogP contribution is 2.24. The van der Waals surface area contributed by atoms with Crippen molar-refractivity contribution in [2.45, 2.75) is 37.0 Å². The van der Waals surface area contributed by atoms with E-state index >= 15 is 0 Å². The molecule has 2 aliphatic rings. The minimum atomic E-state index is -2.47. The average molecular weight is 350 g/mol. The van der Waals surface area contributed by atoms with Crippen molar-refractivity contribution < 1.29 is 37.4 Å². The van der Waals surface area contributed by atoms with E-state index in [-0.39, 0.29) is 12.8 Å². The predicted octanol–water partition coefficient (Wildman–Crippen LogP) is -0.445. The van der Waals surface area contributed by atoms with Gasteiger partial charge in [-0.2, -0.15) is 0 Å². The third-order valence-electron chi connectivity index (χ3n) is 3.70.